The van der Waals surface area contributed by atoms with Crippen LogP contribution in [0.15, 0.2) is 49.1 Å². The first kappa shape index (κ1) is 21.3. The lowest BCUT2D eigenvalue weighted by molar-refractivity contribution is -0.255. The number of benzene rings is 2. The van der Waals surface area contributed by atoms with Gasteiger partial charge in [0.15, 0.2) is 11.5 Å². The van der Waals surface area contributed by atoms with Crippen LogP contribution >= 0.6 is 0 Å². The first-order valence-corrected chi connectivity index (χ1v) is 8.94. The van der Waals surface area contributed by atoms with Gasteiger partial charge in [-0.25, -0.2) is 0 Å². The van der Waals surface area contributed by atoms with E-state index in [1.165, 1.54) is 12.1 Å². The number of hydrogen-bond acceptors (Lipinski definition) is 5. The van der Waals surface area contributed by atoms with Crippen molar-refractivity contribution in [3.05, 3.63) is 71.3 Å². The van der Waals surface area contributed by atoms with E-state index in [0.717, 1.165) is 11.1 Å². The highest BCUT2D eigenvalue weighted by Gasteiger charge is 2.13. The van der Waals surface area contributed by atoms with Gasteiger partial charge in [0.25, 0.3) is 0 Å². The Hall–Kier alpha value is -3.96. The third-order valence-electron chi connectivity index (χ3n) is 3.98. The molecule has 0 aromatic heterocycles. The number of allylic oxidation sites excluding steroid dienone is 2. The van der Waals surface area contributed by atoms with Crippen molar-refractivity contribution < 1.29 is 19.4 Å². The first-order valence-electron chi connectivity index (χ1n) is 8.94. The molecule has 0 saturated heterocycles. The molecule has 0 fully saturated rings. The maximum absolute atomic E-state index is 10.9. The van der Waals surface area contributed by atoms with Crippen LogP contribution in [0.4, 0.5) is 0 Å². The summed E-state index contributed by atoms with van der Waals surface area (Å²) < 4.78 is 11.4. The number of carboxylic acid groups (broad SMARTS) is 1. The highest BCUT2D eigenvalue weighted by Crippen LogP contribution is 2.35. The fourth-order valence-electron chi connectivity index (χ4n) is 2.75. The van der Waals surface area contributed by atoms with Crippen LogP contribution < -0.4 is 14.6 Å². The van der Waals surface area contributed by atoms with Gasteiger partial charge in [-0.05, 0) is 48.2 Å². The maximum atomic E-state index is 10.9. The van der Waals surface area contributed by atoms with E-state index in [-0.39, 0.29) is 12.2 Å². The van der Waals surface area contributed by atoms with Crippen LogP contribution in [0.5, 0.6) is 11.5 Å². The summed E-state index contributed by atoms with van der Waals surface area (Å²) in [5, 5.41) is 20.5. The van der Waals surface area contributed by atoms with E-state index in [1.54, 1.807) is 30.4 Å². The molecule has 0 atom stereocenters. The molecule has 2 aromatic carbocycles. The normalized spacial score (nSPS) is 10.5. The number of ether oxygens (including phenoxy) is 2. The molecule has 5 heteroatoms. The molecule has 0 spiro atoms. The molecule has 0 aliphatic rings. The smallest absolute Gasteiger partial charge is 0.166 e. The Morgan fingerprint density at radius 1 is 1.24 bits per heavy atom. The fourth-order valence-corrected chi connectivity index (χ4v) is 2.75. The van der Waals surface area contributed by atoms with Gasteiger partial charge >= 0.3 is 0 Å². The van der Waals surface area contributed by atoms with E-state index < -0.39 is 5.97 Å². The van der Waals surface area contributed by atoms with Crippen LogP contribution in [-0.4, -0.2) is 19.2 Å². The number of nitriles is 1. The van der Waals surface area contributed by atoms with Gasteiger partial charge in [0, 0.05) is 5.56 Å². The fraction of sp³-hybridized carbons (Fsp3) is 0.167. The van der Waals surface area contributed by atoms with Gasteiger partial charge in [-0.15, -0.1) is 13.0 Å². The number of terminal acetylenes is 1. The van der Waals surface area contributed by atoms with Gasteiger partial charge in [0.2, 0.25) is 0 Å². The second-order valence-corrected chi connectivity index (χ2v) is 5.96. The summed E-state index contributed by atoms with van der Waals surface area (Å²) in [5.41, 5.74) is 2.58. The monoisotopic (exact) mass is 386 g/mol. The van der Waals surface area contributed by atoms with Gasteiger partial charge in [0.1, 0.15) is 6.61 Å². The number of carbonyl (C=O) groups excluding carboxylic acids is 1. The van der Waals surface area contributed by atoms with E-state index in [0.29, 0.717) is 35.7 Å². The van der Waals surface area contributed by atoms with Crippen LogP contribution in [0, 0.1) is 23.7 Å². The largest absolute Gasteiger partial charge is 0.545 e. The van der Waals surface area contributed by atoms with E-state index >= 15 is 0 Å². The molecule has 0 saturated carbocycles. The van der Waals surface area contributed by atoms with E-state index in [9.17, 15) is 15.2 Å². The molecule has 0 N–H and O–H groups in total. The first-order chi connectivity index (χ1) is 14.0. The quantitative estimate of drug-likeness (QED) is 0.286. The molecule has 29 heavy (non-hydrogen) atoms. The summed E-state index contributed by atoms with van der Waals surface area (Å²) in [7, 11) is 0. The topological polar surface area (TPSA) is 82.4 Å². The number of rotatable bonds is 9. The van der Waals surface area contributed by atoms with Gasteiger partial charge in [-0.2, -0.15) is 5.26 Å². The molecular formula is C24H20NO4-. The zero-order chi connectivity index (χ0) is 21.2. The Kier molecular flexibility index (Phi) is 7.65. The summed E-state index contributed by atoms with van der Waals surface area (Å²) in [5.74, 6) is 2.25. The molecular weight excluding hydrogens is 366 g/mol. The van der Waals surface area contributed by atoms with Gasteiger partial charge in [-0.1, -0.05) is 36.3 Å². The summed E-state index contributed by atoms with van der Waals surface area (Å²) >= 11 is 0. The minimum Gasteiger partial charge on any atom is -0.545 e. The summed E-state index contributed by atoms with van der Waals surface area (Å²) in [4.78, 5) is 10.9. The SMILES string of the molecule is C#CCOc1c(CC=C)cc(/C=C(\C#N)c2ccc(C(=O)[O-])cc2)cc1OCC. The highest BCUT2D eigenvalue weighted by atomic mass is 16.5. The van der Waals surface area contributed by atoms with E-state index in [1.807, 2.05) is 13.0 Å². The number of aromatic carboxylic acids is 1. The summed E-state index contributed by atoms with van der Waals surface area (Å²) in [6.07, 6.45) is 9.29. The Morgan fingerprint density at radius 3 is 2.48 bits per heavy atom. The number of carbonyl (C=O) groups is 1. The van der Waals surface area contributed by atoms with Crippen molar-refractivity contribution in [3.8, 4) is 29.9 Å². The standard InChI is InChI=1S/C24H21NO4/c1-4-7-20-13-17(15-22(28-6-3)23(20)29-12-5-2)14-21(16-25)18-8-10-19(11-9-18)24(26)27/h2,4,8-11,13-15H,1,6-7,12H2,3H3,(H,26,27)/p-1/b21-14+. The lowest BCUT2D eigenvalue weighted by Crippen LogP contribution is -2.21. The minimum atomic E-state index is -1.27. The van der Waals surface area contributed by atoms with Crippen LogP contribution in [0.3, 0.4) is 0 Å². The zero-order valence-corrected chi connectivity index (χ0v) is 16.1. The highest BCUT2D eigenvalue weighted by molar-refractivity contribution is 5.91. The Balaban J connectivity index is 2.53. The maximum Gasteiger partial charge on any atom is 0.166 e. The van der Waals surface area contributed by atoms with Crippen LogP contribution in [0.25, 0.3) is 11.6 Å². The van der Waals surface area contributed by atoms with Crippen molar-refractivity contribution in [2.24, 2.45) is 0 Å². The lowest BCUT2D eigenvalue weighted by Gasteiger charge is -2.15. The lowest BCUT2D eigenvalue weighted by atomic mass is 10.00. The molecule has 0 aliphatic carbocycles. The average Bonchev–Trinajstić information content (AvgIpc) is 2.72. The summed E-state index contributed by atoms with van der Waals surface area (Å²) in [6, 6.07) is 11.7. The average molecular weight is 386 g/mol. The predicted molar refractivity (Wildman–Crippen MR) is 110 cm³/mol. The van der Waals surface area contributed by atoms with Gasteiger partial charge < -0.3 is 19.4 Å². The van der Waals surface area contributed by atoms with E-state index in [4.69, 9.17) is 15.9 Å². The molecule has 0 amide bonds. The number of nitrogens with zero attached hydrogens (tertiary/aromatic N) is 1. The van der Waals surface area contributed by atoms with E-state index in [2.05, 4.69) is 18.6 Å². The molecule has 0 aliphatic heterocycles. The molecule has 0 bridgehead atoms. The molecule has 0 unspecified atom stereocenters. The Labute approximate surface area is 170 Å². The second-order valence-electron chi connectivity index (χ2n) is 5.96. The van der Waals surface area contributed by atoms with Crippen LogP contribution in [0.1, 0.15) is 34.0 Å². The van der Waals surface area contributed by atoms with Gasteiger partial charge in [0.05, 0.1) is 24.2 Å². The minimum absolute atomic E-state index is 0.0490. The van der Waals surface area contributed by atoms with Crippen LogP contribution in [0.2, 0.25) is 0 Å². The van der Waals surface area contributed by atoms with Crippen molar-refractivity contribution in [1.29, 1.82) is 5.26 Å². The molecule has 5 nitrogen and oxygen atoms in total. The molecule has 2 aromatic rings. The Bertz CT molecular complexity index is 1000. The molecule has 0 heterocycles. The third kappa shape index (κ3) is 5.51. The number of hydrogen-bond donors (Lipinski definition) is 0. The van der Waals surface area contributed by atoms with Crippen molar-refractivity contribution in [1.82, 2.24) is 0 Å². The predicted octanol–water partition coefficient (Wildman–Crippen LogP) is 3.25. The van der Waals surface area contributed by atoms with Gasteiger partial charge in [-0.3, -0.25) is 0 Å². The van der Waals surface area contributed by atoms with Crippen molar-refractivity contribution in [3.63, 3.8) is 0 Å². The second kappa shape index (κ2) is 10.4. The van der Waals surface area contributed by atoms with Crippen molar-refractivity contribution >= 4 is 17.6 Å². The van der Waals surface area contributed by atoms with Crippen molar-refractivity contribution in [2.75, 3.05) is 13.2 Å². The van der Waals surface area contributed by atoms with Crippen LogP contribution in [-0.2, 0) is 6.42 Å². The zero-order valence-electron chi connectivity index (χ0n) is 16.1. The number of carboxylic acids is 1. The third-order valence-corrected chi connectivity index (χ3v) is 3.98. The molecule has 0 radical (unpaired) electrons. The summed E-state index contributed by atoms with van der Waals surface area (Å²) in [6.45, 7) is 6.17. The van der Waals surface area contributed by atoms with Crippen molar-refractivity contribution in [2.45, 2.75) is 13.3 Å². The molecule has 2 rings (SSSR count). The Morgan fingerprint density at radius 2 is 1.93 bits per heavy atom. The molecule has 146 valence electrons.